The second kappa shape index (κ2) is 6.54. The van der Waals surface area contributed by atoms with E-state index in [2.05, 4.69) is 20.6 Å². The van der Waals surface area contributed by atoms with Gasteiger partial charge in [-0.25, -0.2) is 9.97 Å². The molecule has 0 fully saturated rings. The highest BCUT2D eigenvalue weighted by Gasteiger charge is 2.16. The Bertz CT molecular complexity index is 697. The number of halogens is 1. The fraction of sp³-hybridized carbons (Fsp3) is 0.353. The molecular formula is C17H21ClN4O. The van der Waals surface area contributed by atoms with E-state index in [0.29, 0.717) is 16.5 Å². The molecule has 0 spiro atoms. The highest BCUT2D eigenvalue weighted by atomic mass is 35.5. The molecule has 122 valence electrons. The van der Waals surface area contributed by atoms with Crippen molar-refractivity contribution >= 4 is 29.1 Å². The zero-order valence-electron chi connectivity index (χ0n) is 14.0. The van der Waals surface area contributed by atoms with Gasteiger partial charge < -0.3 is 10.6 Å². The molecule has 2 rings (SSSR count). The molecule has 1 heterocycles. The summed E-state index contributed by atoms with van der Waals surface area (Å²) in [6.07, 6.45) is 2.99. The van der Waals surface area contributed by atoms with Gasteiger partial charge in [-0.05, 0) is 51.8 Å². The van der Waals surface area contributed by atoms with Gasteiger partial charge >= 0.3 is 0 Å². The van der Waals surface area contributed by atoms with Crippen molar-refractivity contribution in [3.05, 3.63) is 46.2 Å². The fourth-order valence-electron chi connectivity index (χ4n) is 2.11. The molecule has 6 heteroatoms. The smallest absolute Gasteiger partial charge is 0.254 e. The van der Waals surface area contributed by atoms with Crippen LogP contribution < -0.4 is 10.6 Å². The van der Waals surface area contributed by atoms with E-state index in [1.54, 1.807) is 0 Å². The van der Waals surface area contributed by atoms with Crippen molar-refractivity contribution in [3.63, 3.8) is 0 Å². The Morgan fingerprint density at radius 2 is 1.74 bits per heavy atom. The van der Waals surface area contributed by atoms with Crippen LogP contribution in [-0.4, -0.2) is 21.4 Å². The summed E-state index contributed by atoms with van der Waals surface area (Å²) in [5.74, 6) is 0.194. The molecule has 0 aliphatic rings. The molecule has 0 bridgehead atoms. The molecule has 0 aliphatic carbocycles. The lowest BCUT2D eigenvalue weighted by Gasteiger charge is -2.20. The maximum atomic E-state index is 12.0. The first-order valence-corrected chi connectivity index (χ1v) is 7.72. The van der Waals surface area contributed by atoms with E-state index >= 15 is 0 Å². The van der Waals surface area contributed by atoms with Crippen molar-refractivity contribution in [1.29, 1.82) is 0 Å². The molecule has 0 saturated heterocycles. The minimum Gasteiger partial charge on any atom is -0.347 e. The lowest BCUT2D eigenvalue weighted by Crippen LogP contribution is -2.40. The Morgan fingerprint density at radius 3 is 2.26 bits per heavy atom. The lowest BCUT2D eigenvalue weighted by molar-refractivity contribution is 0.0919. The third-order valence-electron chi connectivity index (χ3n) is 3.07. The van der Waals surface area contributed by atoms with Gasteiger partial charge in [-0.15, -0.1) is 0 Å². The summed E-state index contributed by atoms with van der Waals surface area (Å²) in [6.45, 7) is 9.71. The summed E-state index contributed by atoms with van der Waals surface area (Å²) >= 11 is 6.26. The van der Waals surface area contributed by atoms with Crippen molar-refractivity contribution in [2.45, 2.75) is 40.2 Å². The monoisotopic (exact) mass is 332 g/mol. The topological polar surface area (TPSA) is 66.9 Å². The Labute approximate surface area is 141 Å². The molecule has 0 unspecified atom stereocenters. The van der Waals surface area contributed by atoms with Crippen molar-refractivity contribution in [2.75, 3.05) is 5.32 Å². The highest BCUT2D eigenvalue weighted by molar-refractivity contribution is 6.33. The fourth-order valence-corrected chi connectivity index (χ4v) is 2.48. The Hall–Kier alpha value is -2.14. The van der Waals surface area contributed by atoms with E-state index in [-0.39, 0.29) is 11.4 Å². The normalized spacial score (nSPS) is 11.2. The minimum absolute atomic E-state index is 0.200. The summed E-state index contributed by atoms with van der Waals surface area (Å²) in [4.78, 5) is 20.4. The largest absolute Gasteiger partial charge is 0.347 e. The average Bonchev–Trinajstić information content (AvgIpc) is 2.41. The zero-order valence-corrected chi connectivity index (χ0v) is 14.7. The molecule has 1 aromatic carbocycles. The number of hydrogen-bond donors (Lipinski definition) is 2. The van der Waals surface area contributed by atoms with Gasteiger partial charge in [0.1, 0.15) is 0 Å². The number of rotatable bonds is 3. The van der Waals surface area contributed by atoms with Crippen LogP contribution in [-0.2, 0) is 0 Å². The number of nitrogens with one attached hydrogen (secondary N) is 2. The molecule has 5 nitrogen and oxygen atoms in total. The zero-order chi connectivity index (χ0) is 17.2. The van der Waals surface area contributed by atoms with E-state index < -0.39 is 0 Å². The van der Waals surface area contributed by atoms with Crippen molar-refractivity contribution < 1.29 is 4.79 Å². The molecule has 0 aliphatic heterocycles. The van der Waals surface area contributed by atoms with Gasteiger partial charge in [0.05, 0.1) is 16.3 Å². The number of anilines is 2. The van der Waals surface area contributed by atoms with Crippen LogP contribution in [0.4, 0.5) is 11.6 Å². The van der Waals surface area contributed by atoms with Crippen LogP contribution in [0.25, 0.3) is 0 Å². The molecular weight excluding hydrogens is 312 g/mol. The quantitative estimate of drug-likeness (QED) is 0.890. The molecule has 2 N–H and O–H groups in total. The third-order valence-corrected chi connectivity index (χ3v) is 3.37. The summed E-state index contributed by atoms with van der Waals surface area (Å²) in [5.41, 5.74) is 2.98. The molecule has 1 amide bonds. The SMILES string of the molecule is Cc1cc(C)c(Nc2ncc(C(=O)NC(C)(C)C)cn2)c(Cl)c1. The van der Waals surface area contributed by atoms with Crippen LogP contribution in [0.3, 0.4) is 0 Å². The van der Waals surface area contributed by atoms with Crippen LogP contribution in [0.15, 0.2) is 24.5 Å². The first-order chi connectivity index (χ1) is 10.7. The molecule has 23 heavy (non-hydrogen) atoms. The van der Waals surface area contributed by atoms with Gasteiger partial charge in [0, 0.05) is 17.9 Å². The second-order valence-corrected chi connectivity index (χ2v) is 6.97. The van der Waals surface area contributed by atoms with E-state index in [0.717, 1.165) is 16.8 Å². The molecule has 0 saturated carbocycles. The number of aryl methyl sites for hydroxylation is 2. The predicted octanol–water partition coefficient (Wildman–Crippen LogP) is 4.02. The van der Waals surface area contributed by atoms with Crippen molar-refractivity contribution in [3.8, 4) is 0 Å². The van der Waals surface area contributed by atoms with Gasteiger partial charge in [0.2, 0.25) is 5.95 Å². The van der Waals surface area contributed by atoms with Gasteiger partial charge in [-0.2, -0.15) is 0 Å². The van der Waals surface area contributed by atoms with E-state index in [1.807, 2.05) is 46.8 Å². The number of carbonyl (C=O) groups excluding carboxylic acids is 1. The van der Waals surface area contributed by atoms with Crippen LogP contribution in [0.2, 0.25) is 5.02 Å². The standard InChI is InChI=1S/C17H21ClN4O/c1-10-6-11(2)14(13(18)7-10)21-16-19-8-12(9-20-16)15(23)22-17(3,4)5/h6-9H,1-5H3,(H,22,23)(H,19,20,21). The number of benzene rings is 1. The molecule has 0 atom stereocenters. The first kappa shape index (κ1) is 17.2. The maximum absolute atomic E-state index is 12.0. The van der Waals surface area contributed by atoms with Crippen LogP contribution in [0.5, 0.6) is 0 Å². The first-order valence-electron chi connectivity index (χ1n) is 7.34. The van der Waals surface area contributed by atoms with E-state index in [4.69, 9.17) is 11.6 Å². The third kappa shape index (κ3) is 4.66. The minimum atomic E-state index is -0.305. The summed E-state index contributed by atoms with van der Waals surface area (Å²) < 4.78 is 0. The number of amides is 1. The number of hydrogen-bond acceptors (Lipinski definition) is 4. The summed E-state index contributed by atoms with van der Waals surface area (Å²) in [7, 11) is 0. The average molecular weight is 333 g/mol. The van der Waals surface area contributed by atoms with E-state index in [1.165, 1.54) is 12.4 Å². The number of nitrogens with zero attached hydrogens (tertiary/aromatic N) is 2. The van der Waals surface area contributed by atoms with Gasteiger partial charge in [0.15, 0.2) is 0 Å². The lowest BCUT2D eigenvalue weighted by atomic mass is 10.1. The van der Waals surface area contributed by atoms with E-state index in [9.17, 15) is 4.79 Å². The molecule has 0 radical (unpaired) electrons. The summed E-state index contributed by atoms with van der Waals surface area (Å²) in [5, 5.41) is 6.58. The predicted molar refractivity (Wildman–Crippen MR) is 93.5 cm³/mol. The van der Waals surface area contributed by atoms with Crippen LogP contribution in [0, 0.1) is 13.8 Å². The second-order valence-electron chi connectivity index (χ2n) is 6.56. The maximum Gasteiger partial charge on any atom is 0.254 e. The van der Waals surface area contributed by atoms with Gasteiger partial charge in [0.25, 0.3) is 5.91 Å². The van der Waals surface area contributed by atoms with Gasteiger partial charge in [-0.1, -0.05) is 17.7 Å². The Balaban J connectivity index is 2.16. The number of carbonyl (C=O) groups is 1. The Morgan fingerprint density at radius 1 is 1.13 bits per heavy atom. The molecule has 2 aromatic rings. The number of aromatic nitrogens is 2. The van der Waals surface area contributed by atoms with Crippen molar-refractivity contribution in [1.82, 2.24) is 15.3 Å². The summed E-state index contributed by atoms with van der Waals surface area (Å²) in [6, 6.07) is 3.90. The highest BCUT2D eigenvalue weighted by Crippen LogP contribution is 2.29. The van der Waals surface area contributed by atoms with Crippen LogP contribution in [0.1, 0.15) is 42.3 Å². The van der Waals surface area contributed by atoms with Gasteiger partial charge in [-0.3, -0.25) is 4.79 Å². The van der Waals surface area contributed by atoms with Crippen LogP contribution >= 0.6 is 11.6 Å². The molecule has 1 aromatic heterocycles. The Kier molecular flexibility index (Phi) is 4.90. The van der Waals surface area contributed by atoms with Crippen molar-refractivity contribution in [2.24, 2.45) is 0 Å².